The first-order valence-corrected chi connectivity index (χ1v) is 15.2. The number of amides is 1. The lowest BCUT2D eigenvalue weighted by Gasteiger charge is -2.30. The van der Waals surface area contributed by atoms with Crippen LogP contribution in [0.5, 0.6) is 0 Å². The topological polar surface area (TPSA) is 152 Å². The monoisotopic (exact) mass is 588 g/mol. The number of carbonyl (C=O) groups is 1. The zero-order valence-corrected chi connectivity index (χ0v) is 22.8. The molecule has 15 heteroatoms. The Hall–Kier alpha value is -1.92. The molecule has 0 spiro atoms. The molecule has 4 atom stereocenters. The number of hydrogen-bond donors (Lipinski definition) is 5. The molecule has 0 aromatic heterocycles. The maximum atomic E-state index is 14.8. The highest BCUT2D eigenvalue weighted by molar-refractivity contribution is 8.13. The Morgan fingerprint density at radius 1 is 1.21 bits per heavy atom. The molecule has 4 rings (SSSR count). The fourth-order valence-corrected chi connectivity index (χ4v) is 6.26. The Kier molecular flexibility index (Phi) is 10.3. The highest BCUT2D eigenvalue weighted by atomic mass is 32.2. The summed E-state index contributed by atoms with van der Waals surface area (Å²) in [7, 11) is -5.28. The number of ether oxygens (including phenoxy) is 2. The van der Waals surface area contributed by atoms with E-state index in [9.17, 15) is 33.5 Å². The van der Waals surface area contributed by atoms with Gasteiger partial charge in [0.2, 0.25) is 14.8 Å². The summed E-state index contributed by atoms with van der Waals surface area (Å²) in [6.07, 6.45) is -1.76. The summed E-state index contributed by atoms with van der Waals surface area (Å²) in [5.41, 5.74) is 1.59. The van der Waals surface area contributed by atoms with E-state index in [1.807, 2.05) is 4.90 Å². The predicted molar refractivity (Wildman–Crippen MR) is 142 cm³/mol. The van der Waals surface area contributed by atoms with Crippen LogP contribution in [0.4, 0.5) is 20.6 Å². The molecule has 0 saturated carbocycles. The van der Waals surface area contributed by atoms with Crippen molar-refractivity contribution in [3.8, 4) is 0 Å². The molecule has 206 valence electrons. The van der Waals surface area contributed by atoms with E-state index in [0.29, 0.717) is 48.1 Å². The van der Waals surface area contributed by atoms with E-state index in [1.54, 1.807) is 36.4 Å². The Morgan fingerprint density at radius 2 is 1.92 bits per heavy atom. The van der Waals surface area contributed by atoms with Gasteiger partial charge in [-0.2, -0.15) is 4.89 Å². The Balaban J connectivity index is 1.26. The van der Waals surface area contributed by atoms with Gasteiger partial charge >= 0.3 is 8.03 Å². The van der Waals surface area contributed by atoms with Crippen LogP contribution >= 0.6 is 28.2 Å². The van der Waals surface area contributed by atoms with Crippen LogP contribution in [0.2, 0.25) is 0 Å². The summed E-state index contributed by atoms with van der Waals surface area (Å²) in [4.78, 5) is 44.3. The molecule has 2 aromatic carbocycles. The quantitative estimate of drug-likeness (QED) is 0.217. The van der Waals surface area contributed by atoms with E-state index in [1.165, 1.54) is 11.0 Å². The number of benzene rings is 2. The van der Waals surface area contributed by atoms with Gasteiger partial charge in [0.25, 0.3) is 10.6 Å². The summed E-state index contributed by atoms with van der Waals surface area (Å²) < 4.78 is 36.9. The fourth-order valence-electron chi connectivity index (χ4n) is 4.17. The maximum Gasteiger partial charge on any atom is 0.518 e. The third kappa shape index (κ3) is 7.59. The van der Waals surface area contributed by atoms with Crippen molar-refractivity contribution in [1.29, 1.82) is 0 Å². The zero-order chi connectivity index (χ0) is 27.2. The van der Waals surface area contributed by atoms with E-state index >= 15 is 0 Å². The van der Waals surface area contributed by atoms with Crippen molar-refractivity contribution in [2.75, 3.05) is 49.2 Å². The van der Waals surface area contributed by atoms with Crippen LogP contribution in [0.3, 0.4) is 0 Å². The number of morpholine rings is 1. The molecule has 2 aliphatic rings. The predicted octanol–water partition coefficient (Wildman–Crippen LogP) is 2.55. The molecule has 2 saturated heterocycles. The van der Waals surface area contributed by atoms with Crippen molar-refractivity contribution in [3.05, 3.63) is 53.8 Å². The number of anilines is 2. The first-order valence-electron chi connectivity index (χ1n) is 11.8. The third-order valence-electron chi connectivity index (χ3n) is 6.14. The lowest BCUT2D eigenvalue weighted by molar-refractivity contribution is -0.0865. The minimum Gasteiger partial charge on any atom is -0.378 e. The van der Waals surface area contributed by atoms with E-state index in [-0.39, 0.29) is 24.7 Å². The van der Waals surface area contributed by atoms with Gasteiger partial charge in [-0.05, 0) is 52.2 Å². The van der Waals surface area contributed by atoms with Crippen molar-refractivity contribution in [2.24, 2.45) is 0 Å². The zero-order valence-electron chi connectivity index (χ0n) is 20.2. The molecule has 11 nitrogen and oxygen atoms in total. The van der Waals surface area contributed by atoms with Crippen LogP contribution in [0.25, 0.3) is 0 Å². The van der Waals surface area contributed by atoms with Crippen LogP contribution in [-0.4, -0.2) is 82.3 Å². The molecule has 0 aliphatic carbocycles. The van der Waals surface area contributed by atoms with E-state index in [4.69, 9.17) is 9.47 Å². The molecule has 38 heavy (non-hydrogen) atoms. The van der Waals surface area contributed by atoms with Gasteiger partial charge in [-0.3, -0.25) is 4.79 Å². The van der Waals surface area contributed by atoms with Crippen LogP contribution in [0.15, 0.2) is 47.4 Å². The molecule has 0 bridgehead atoms. The van der Waals surface area contributed by atoms with Gasteiger partial charge in [-0.25, -0.2) is 4.39 Å². The lowest BCUT2D eigenvalue weighted by atomic mass is 10.2. The van der Waals surface area contributed by atoms with Gasteiger partial charge < -0.3 is 39.5 Å². The molecular weight excluding hydrogens is 559 g/mol. The number of nitrogens with one attached hydrogen (secondary N) is 1. The average Bonchev–Trinajstić information content (AvgIpc) is 3.27. The normalized spacial score (nSPS) is 21.1. The molecule has 3 unspecified atom stereocenters. The Morgan fingerprint density at radius 3 is 2.55 bits per heavy atom. The number of nitrogens with zero attached hydrogens (tertiary/aromatic N) is 2. The number of carbonyl (C=O) groups excluding carboxylic acids is 1. The third-order valence-corrected chi connectivity index (χ3v) is 9.60. The minimum atomic E-state index is -2.73. The average molecular weight is 589 g/mol. The molecule has 2 aliphatic heterocycles. The summed E-state index contributed by atoms with van der Waals surface area (Å²) in [6, 6.07) is 11.4. The van der Waals surface area contributed by atoms with Gasteiger partial charge in [-0.1, -0.05) is 12.1 Å². The molecule has 2 aromatic rings. The number of halogens is 1. The SMILES string of the molecule is O=C(NC[C@H]1CN(c2ccc(N3CCOCC3)c(F)c2)C(O)O1)Sc1ccc(CC(P(O)O)[P+](=O)O)cc1. The second kappa shape index (κ2) is 13.4. The number of thioether (sulfide) groups is 1. The van der Waals surface area contributed by atoms with Gasteiger partial charge in [0.15, 0.2) is 0 Å². The van der Waals surface area contributed by atoms with E-state index < -0.39 is 40.1 Å². The summed E-state index contributed by atoms with van der Waals surface area (Å²) in [5, 5.41) is 11.6. The highest BCUT2D eigenvalue weighted by Crippen LogP contribution is 2.46. The number of hydrogen-bond acceptors (Lipinski definition) is 10. The number of aliphatic hydroxyl groups is 1. The fraction of sp³-hybridized carbons (Fsp3) is 0.435. The summed E-state index contributed by atoms with van der Waals surface area (Å²) >= 11 is 0.936. The number of aliphatic hydroxyl groups excluding tert-OH is 1. The van der Waals surface area contributed by atoms with Crippen LogP contribution in [0, 0.1) is 5.82 Å². The van der Waals surface area contributed by atoms with Crippen LogP contribution in [0.1, 0.15) is 5.56 Å². The minimum absolute atomic E-state index is 0.0270. The van der Waals surface area contributed by atoms with Gasteiger partial charge in [0.1, 0.15) is 5.82 Å². The molecular formula is C23H29FN3O8P2S+. The molecule has 2 heterocycles. The molecule has 0 radical (unpaired) electrons. The van der Waals surface area contributed by atoms with Crippen molar-refractivity contribution >= 4 is 44.8 Å². The second-order valence-electron chi connectivity index (χ2n) is 8.69. The van der Waals surface area contributed by atoms with Crippen LogP contribution in [-0.2, 0) is 20.5 Å². The Bertz CT molecular complexity index is 1130. The van der Waals surface area contributed by atoms with Gasteiger partial charge in [-0.15, -0.1) is 0 Å². The van der Waals surface area contributed by atoms with E-state index in [0.717, 1.165) is 11.8 Å². The van der Waals surface area contributed by atoms with Gasteiger partial charge in [0, 0.05) is 36.6 Å². The van der Waals surface area contributed by atoms with Crippen molar-refractivity contribution in [3.63, 3.8) is 0 Å². The Labute approximate surface area is 225 Å². The number of rotatable bonds is 9. The summed E-state index contributed by atoms with van der Waals surface area (Å²) in [5.74, 6) is -0.398. The highest BCUT2D eigenvalue weighted by Gasteiger charge is 2.37. The van der Waals surface area contributed by atoms with Crippen molar-refractivity contribution in [1.82, 2.24) is 5.32 Å². The smallest absolute Gasteiger partial charge is 0.378 e. The van der Waals surface area contributed by atoms with Gasteiger partial charge in [0.05, 0.1) is 31.5 Å². The second-order valence-corrected chi connectivity index (χ2v) is 12.6. The maximum absolute atomic E-state index is 14.8. The van der Waals surface area contributed by atoms with Crippen molar-refractivity contribution in [2.45, 2.75) is 29.2 Å². The lowest BCUT2D eigenvalue weighted by Crippen LogP contribution is -2.37. The largest absolute Gasteiger partial charge is 0.518 e. The van der Waals surface area contributed by atoms with E-state index in [2.05, 4.69) is 5.32 Å². The van der Waals surface area contributed by atoms with Crippen LogP contribution < -0.4 is 15.1 Å². The summed E-state index contributed by atoms with van der Waals surface area (Å²) in [6.45, 7) is 2.69. The molecule has 1 amide bonds. The first-order chi connectivity index (χ1) is 18.2. The standard InChI is InChI=1S/C23H28FN3O8P2S/c24-19-12-16(3-6-20(19)26-7-9-34-10-8-26)27-14-17(35-23(27)29)13-25-22(28)38-18-4-1-15(2-5-18)11-21(36(30)31)37(32)33/h1-6,12,17,21,23,29-31H,7-11,13-14H2,(H-,25,28,32,33)/p+1/t17-,21?,23?/m0/s1. The molecule has 2 fully saturated rings. The molecule has 5 N–H and O–H groups in total. The first kappa shape index (κ1) is 29.1. The van der Waals surface area contributed by atoms with Crippen molar-refractivity contribution < 1.29 is 43.0 Å².